The second-order valence-corrected chi connectivity index (χ2v) is 7.63. The summed E-state index contributed by atoms with van der Waals surface area (Å²) in [4.78, 5) is 25.0. The highest BCUT2D eigenvalue weighted by Gasteiger charge is 2.27. The number of hydrogen-bond donors (Lipinski definition) is 3. The average molecular weight is 400 g/mol. The summed E-state index contributed by atoms with van der Waals surface area (Å²) in [6.45, 7) is 3.98. The van der Waals surface area contributed by atoms with E-state index in [2.05, 4.69) is 22.9 Å². The molecule has 0 saturated carbocycles. The van der Waals surface area contributed by atoms with Gasteiger partial charge in [0.1, 0.15) is 6.04 Å². The van der Waals surface area contributed by atoms with Crippen LogP contribution < -0.4 is 16.0 Å². The van der Waals surface area contributed by atoms with Gasteiger partial charge in [0.2, 0.25) is 11.8 Å². The molecule has 5 nitrogen and oxygen atoms in total. The topological polar surface area (TPSA) is 70.2 Å². The Morgan fingerprint density at radius 2 is 2.04 bits per heavy atom. The Morgan fingerprint density at radius 3 is 2.69 bits per heavy atom. The van der Waals surface area contributed by atoms with Crippen LogP contribution in [0.5, 0.6) is 0 Å². The van der Waals surface area contributed by atoms with Gasteiger partial charge in [0.05, 0.1) is 6.42 Å². The highest BCUT2D eigenvalue weighted by atomic mass is 35.5. The standard InChI is InChI=1S/C19H29N3O2S.ClH/c1-14-13-20-10-8-16(14)22-19(24)17(9-11-25-2)21-18(23)12-15-6-4-3-5-7-15;/h3-7,14,16-17,20H,8-13H2,1-2H3,(H,21,23)(H,22,24);1H. The Kier molecular flexibility index (Phi) is 10.7. The van der Waals surface area contributed by atoms with Crippen LogP contribution in [-0.2, 0) is 16.0 Å². The molecule has 3 unspecified atom stereocenters. The molecule has 2 amide bonds. The fraction of sp³-hybridized carbons (Fsp3) is 0.579. The summed E-state index contributed by atoms with van der Waals surface area (Å²) in [5.41, 5.74) is 0.955. The molecule has 1 aliphatic heterocycles. The largest absolute Gasteiger partial charge is 0.351 e. The van der Waals surface area contributed by atoms with Crippen molar-refractivity contribution in [1.82, 2.24) is 16.0 Å². The Bertz CT molecular complexity index is 559. The van der Waals surface area contributed by atoms with Crippen molar-refractivity contribution in [2.45, 2.75) is 38.3 Å². The number of halogens is 1. The van der Waals surface area contributed by atoms with E-state index in [1.807, 2.05) is 36.6 Å². The fourth-order valence-electron chi connectivity index (χ4n) is 3.04. The quantitative estimate of drug-likeness (QED) is 0.625. The molecule has 0 aliphatic carbocycles. The first-order valence-electron chi connectivity index (χ1n) is 8.93. The Hall–Kier alpha value is -1.24. The van der Waals surface area contributed by atoms with Crippen molar-refractivity contribution in [2.75, 3.05) is 25.1 Å². The number of benzene rings is 1. The molecular formula is C19H30ClN3O2S. The van der Waals surface area contributed by atoms with Crippen LogP contribution in [-0.4, -0.2) is 49.0 Å². The molecule has 0 spiro atoms. The van der Waals surface area contributed by atoms with Crippen LogP contribution in [0.4, 0.5) is 0 Å². The monoisotopic (exact) mass is 399 g/mol. The van der Waals surface area contributed by atoms with Crippen LogP contribution in [0.3, 0.4) is 0 Å². The lowest BCUT2D eigenvalue weighted by Gasteiger charge is -2.31. The molecule has 26 heavy (non-hydrogen) atoms. The van der Waals surface area contributed by atoms with Crippen LogP contribution >= 0.6 is 24.2 Å². The molecule has 2 rings (SSSR count). The number of rotatable bonds is 8. The molecule has 3 N–H and O–H groups in total. The Morgan fingerprint density at radius 1 is 1.31 bits per heavy atom. The van der Waals surface area contributed by atoms with Crippen molar-refractivity contribution < 1.29 is 9.59 Å². The zero-order valence-electron chi connectivity index (χ0n) is 15.5. The number of amides is 2. The maximum atomic E-state index is 12.7. The van der Waals surface area contributed by atoms with Crippen molar-refractivity contribution in [1.29, 1.82) is 0 Å². The molecule has 1 aliphatic rings. The molecule has 0 aromatic heterocycles. The lowest BCUT2D eigenvalue weighted by atomic mass is 9.95. The zero-order chi connectivity index (χ0) is 18.1. The molecule has 1 aromatic rings. The predicted molar refractivity (Wildman–Crippen MR) is 111 cm³/mol. The third-order valence-corrected chi connectivity index (χ3v) is 5.23. The van der Waals surface area contributed by atoms with Gasteiger partial charge >= 0.3 is 0 Å². The van der Waals surface area contributed by atoms with E-state index in [9.17, 15) is 9.59 Å². The molecule has 146 valence electrons. The van der Waals surface area contributed by atoms with Crippen molar-refractivity contribution in [3.05, 3.63) is 35.9 Å². The van der Waals surface area contributed by atoms with E-state index in [1.165, 1.54) is 0 Å². The molecule has 1 heterocycles. The minimum atomic E-state index is -0.467. The normalized spacial score (nSPS) is 20.5. The first-order chi connectivity index (χ1) is 12.1. The van der Waals surface area contributed by atoms with Gasteiger partial charge in [-0.1, -0.05) is 37.3 Å². The number of hydrogen-bond acceptors (Lipinski definition) is 4. The van der Waals surface area contributed by atoms with Crippen LogP contribution in [0.1, 0.15) is 25.3 Å². The van der Waals surface area contributed by atoms with Gasteiger partial charge in [-0.05, 0) is 49.4 Å². The number of nitrogens with one attached hydrogen (secondary N) is 3. The van der Waals surface area contributed by atoms with Gasteiger partial charge in [0.15, 0.2) is 0 Å². The first kappa shape index (κ1) is 22.8. The van der Waals surface area contributed by atoms with Gasteiger partial charge in [-0.15, -0.1) is 12.4 Å². The van der Waals surface area contributed by atoms with Gasteiger partial charge in [-0.25, -0.2) is 0 Å². The van der Waals surface area contributed by atoms with Crippen molar-refractivity contribution in [3.63, 3.8) is 0 Å². The summed E-state index contributed by atoms with van der Waals surface area (Å²) in [6.07, 6.45) is 3.89. The van der Waals surface area contributed by atoms with Crippen LogP contribution in [0.2, 0.25) is 0 Å². The highest BCUT2D eigenvalue weighted by molar-refractivity contribution is 7.98. The lowest BCUT2D eigenvalue weighted by Crippen LogP contribution is -2.54. The van der Waals surface area contributed by atoms with Crippen molar-refractivity contribution in [2.24, 2.45) is 5.92 Å². The second kappa shape index (κ2) is 12.2. The van der Waals surface area contributed by atoms with Gasteiger partial charge in [-0.3, -0.25) is 9.59 Å². The summed E-state index contributed by atoms with van der Waals surface area (Å²) in [5, 5.41) is 9.40. The molecule has 7 heteroatoms. The minimum Gasteiger partial charge on any atom is -0.351 e. The van der Waals surface area contributed by atoms with Crippen LogP contribution in [0, 0.1) is 5.92 Å². The zero-order valence-corrected chi connectivity index (χ0v) is 17.1. The fourth-order valence-corrected chi connectivity index (χ4v) is 3.51. The van der Waals surface area contributed by atoms with Gasteiger partial charge in [-0.2, -0.15) is 11.8 Å². The first-order valence-corrected chi connectivity index (χ1v) is 10.3. The van der Waals surface area contributed by atoms with E-state index in [0.717, 1.165) is 30.8 Å². The minimum absolute atomic E-state index is 0. The Balaban J connectivity index is 0.00000338. The molecule has 3 atom stereocenters. The number of piperidine rings is 1. The van der Waals surface area contributed by atoms with Crippen LogP contribution in [0.15, 0.2) is 30.3 Å². The third kappa shape index (κ3) is 7.56. The third-order valence-electron chi connectivity index (χ3n) is 4.58. The number of carbonyl (C=O) groups is 2. The van der Waals surface area contributed by atoms with E-state index in [1.54, 1.807) is 11.8 Å². The molecular weight excluding hydrogens is 370 g/mol. The molecule has 1 aromatic carbocycles. The summed E-state index contributed by atoms with van der Waals surface area (Å²) >= 11 is 1.68. The van der Waals surface area contributed by atoms with E-state index in [4.69, 9.17) is 0 Å². The van der Waals surface area contributed by atoms with Crippen molar-refractivity contribution in [3.8, 4) is 0 Å². The van der Waals surface area contributed by atoms with Crippen molar-refractivity contribution >= 4 is 36.0 Å². The number of thioether (sulfide) groups is 1. The van der Waals surface area contributed by atoms with E-state index in [0.29, 0.717) is 18.8 Å². The predicted octanol–water partition coefficient (Wildman–Crippen LogP) is 2.00. The number of carbonyl (C=O) groups excluding carboxylic acids is 2. The van der Waals surface area contributed by atoms with E-state index in [-0.39, 0.29) is 30.3 Å². The summed E-state index contributed by atoms with van der Waals surface area (Å²) in [5.74, 6) is 1.07. The summed E-state index contributed by atoms with van der Waals surface area (Å²) in [6, 6.07) is 9.32. The Labute approximate surface area is 166 Å². The molecule has 0 bridgehead atoms. The smallest absolute Gasteiger partial charge is 0.242 e. The van der Waals surface area contributed by atoms with Gasteiger partial charge in [0, 0.05) is 6.04 Å². The summed E-state index contributed by atoms with van der Waals surface area (Å²) < 4.78 is 0. The molecule has 1 fully saturated rings. The maximum absolute atomic E-state index is 12.7. The summed E-state index contributed by atoms with van der Waals surface area (Å²) in [7, 11) is 0. The highest BCUT2D eigenvalue weighted by Crippen LogP contribution is 2.11. The molecule has 0 radical (unpaired) electrons. The van der Waals surface area contributed by atoms with Gasteiger partial charge < -0.3 is 16.0 Å². The van der Waals surface area contributed by atoms with Gasteiger partial charge in [0.25, 0.3) is 0 Å². The SMILES string of the molecule is CSCCC(NC(=O)Cc1ccccc1)C(=O)NC1CCNCC1C.Cl. The average Bonchev–Trinajstić information content (AvgIpc) is 2.61. The van der Waals surface area contributed by atoms with E-state index >= 15 is 0 Å². The lowest BCUT2D eigenvalue weighted by molar-refractivity contribution is -0.129. The second-order valence-electron chi connectivity index (χ2n) is 6.65. The van der Waals surface area contributed by atoms with Crippen LogP contribution in [0.25, 0.3) is 0 Å². The maximum Gasteiger partial charge on any atom is 0.242 e. The van der Waals surface area contributed by atoms with E-state index < -0.39 is 6.04 Å². The molecule has 1 saturated heterocycles.